The van der Waals surface area contributed by atoms with Gasteiger partial charge >= 0.3 is 0 Å². The normalized spacial score (nSPS) is 11.8. The molecule has 0 atom stereocenters. The molecule has 0 aliphatic rings. The minimum atomic E-state index is 0.314. The third kappa shape index (κ3) is 2.50. The number of hydrogen-bond acceptors (Lipinski definition) is 5. The van der Waals surface area contributed by atoms with Crippen molar-refractivity contribution < 1.29 is 5.11 Å². The molecule has 2 heterocycles. The van der Waals surface area contributed by atoms with Crippen molar-refractivity contribution in [3.05, 3.63) is 35.1 Å². The molecule has 0 aliphatic heterocycles. The molecule has 0 fully saturated rings. The first-order valence-corrected chi connectivity index (χ1v) is 8.12. The van der Waals surface area contributed by atoms with Gasteiger partial charge in [-0.05, 0) is 38.0 Å². The van der Waals surface area contributed by atoms with Crippen molar-refractivity contribution in [3.63, 3.8) is 0 Å². The van der Waals surface area contributed by atoms with Crippen LogP contribution in [0.15, 0.2) is 34.9 Å². The Bertz CT molecular complexity index is 847. The van der Waals surface area contributed by atoms with Crippen molar-refractivity contribution in [2.45, 2.75) is 33.7 Å². The quantitative estimate of drug-likeness (QED) is 0.680. The number of aromatic nitrogens is 2. The maximum Gasteiger partial charge on any atom is 0.174 e. The van der Waals surface area contributed by atoms with E-state index in [1.165, 1.54) is 0 Å². The third-order valence-electron chi connectivity index (χ3n) is 3.63. The van der Waals surface area contributed by atoms with E-state index in [-0.39, 0.29) is 0 Å². The molecule has 0 saturated carbocycles. The lowest BCUT2D eigenvalue weighted by molar-refractivity contribution is 0.481. The van der Waals surface area contributed by atoms with Crippen LogP contribution in [0.25, 0.3) is 10.1 Å². The van der Waals surface area contributed by atoms with Crippen LogP contribution in [-0.2, 0) is 13.0 Å². The van der Waals surface area contributed by atoms with Crippen molar-refractivity contribution >= 4 is 32.9 Å². The van der Waals surface area contributed by atoms with Gasteiger partial charge in [-0.3, -0.25) is 0 Å². The van der Waals surface area contributed by atoms with Crippen LogP contribution in [0, 0.1) is 6.92 Å². The summed E-state index contributed by atoms with van der Waals surface area (Å²) in [7, 11) is 0. The van der Waals surface area contributed by atoms with Gasteiger partial charge in [-0.15, -0.1) is 21.6 Å². The van der Waals surface area contributed by atoms with Gasteiger partial charge < -0.3 is 9.67 Å². The Morgan fingerprint density at radius 3 is 2.82 bits per heavy atom. The zero-order valence-electron chi connectivity index (χ0n) is 12.9. The molecule has 3 rings (SSSR count). The number of thiophene rings is 1. The summed E-state index contributed by atoms with van der Waals surface area (Å²) in [6.07, 6.45) is 4.24. The first kappa shape index (κ1) is 14.7. The number of fused-ring (bicyclic) bond motifs is 1. The van der Waals surface area contributed by atoms with E-state index in [0.717, 1.165) is 45.0 Å². The maximum absolute atomic E-state index is 10.2. The molecule has 0 amide bonds. The van der Waals surface area contributed by atoms with Gasteiger partial charge in [0.2, 0.25) is 0 Å². The van der Waals surface area contributed by atoms with E-state index >= 15 is 0 Å². The van der Waals surface area contributed by atoms with Crippen LogP contribution in [0.1, 0.15) is 24.3 Å². The monoisotopic (exact) mass is 314 g/mol. The zero-order valence-corrected chi connectivity index (χ0v) is 13.7. The largest absolute Gasteiger partial charge is 0.507 e. The van der Waals surface area contributed by atoms with E-state index in [1.54, 1.807) is 29.9 Å². The molecule has 22 heavy (non-hydrogen) atoms. The number of nitrogens with zero attached hydrogens (tertiary/aromatic N) is 4. The average molecular weight is 314 g/mol. The Kier molecular flexibility index (Phi) is 3.94. The second-order valence-corrected chi connectivity index (χ2v) is 6.35. The van der Waals surface area contributed by atoms with E-state index in [0.29, 0.717) is 5.75 Å². The number of hydrogen-bond donors (Lipinski definition) is 1. The predicted molar refractivity (Wildman–Crippen MR) is 89.7 cm³/mol. The highest BCUT2D eigenvalue weighted by atomic mass is 32.1. The van der Waals surface area contributed by atoms with Gasteiger partial charge in [0.15, 0.2) is 5.82 Å². The van der Waals surface area contributed by atoms with Gasteiger partial charge in [-0.25, -0.2) is 4.98 Å². The Morgan fingerprint density at radius 2 is 2.09 bits per heavy atom. The summed E-state index contributed by atoms with van der Waals surface area (Å²) in [5.41, 5.74) is 1.84. The lowest BCUT2D eigenvalue weighted by Gasteiger charge is -2.06. The van der Waals surface area contributed by atoms with Crippen LogP contribution in [0.3, 0.4) is 0 Å². The number of benzene rings is 1. The zero-order chi connectivity index (χ0) is 15.7. The smallest absolute Gasteiger partial charge is 0.174 e. The van der Waals surface area contributed by atoms with Crippen LogP contribution in [0.2, 0.25) is 0 Å². The molecule has 1 N–H and O–H groups in total. The third-order valence-corrected chi connectivity index (χ3v) is 4.68. The molecule has 0 unspecified atom stereocenters. The lowest BCUT2D eigenvalue weighted by Crippen LogP contribution is -1.89. The number of azo groups is 1. The highest BCUT2D eigenvalue weighted by molar-refractivity contribution is 7.19. The molecule has 0 aliphatic carbocycles. The number of phenols is 1. The topological polar surface area (TPSA) is 62.8 Å². The number of phenolic OH excluding ortho intramolecular Hbond substituents is 1. The summed E-state index contributed by atoms with van der Waals surface area (Å²) in [5.74, 6) is 1.05. The van der Waals surface area contributed by atoms with Gasteiger partial charge in [-0.1, -0.05) is 6.92 Å². The van der Waals surface area contributed by atoms with Gasteiger partial charge in [0.25, 0.3) is 0 Å². The molecule has 0 radical (unpaired) electrons. The summed E-state index contributed by atoms with van der Waals surface area (Å²) in [6, 6.07) is 3.78. The fourth-order valence-corrected chi connectivity index (χ4v) is 3.50. The summed E-state index contributed by atoms with van der Waals surface area (Å²) in [4.78, 5) is 5.25. The second kappa shape index (κ2) is 5.88. The highest BCUT2D eigenvalue weighted by Crippen LogP contribution is 2.42. The van der Waals surface area contributed by atoms with Crippen molar-refractivity contribution in [2.75, 3.05) is 0 Å². The summed E-state index contributed by atoms with van der Waals surface area (Å²) in [6.45, 7) is 6.93. The maximum atomic E-state index is 10.2. The standard InChI is InChI=1S/C16H18N4OS/c1-4-11-7-13(21)12-6-10(3)22-16(12)15(11)19-18-14-8-17-9-20(14)5-2/h6-9,21H,4-5H2,1-3H3. The van der Waals surface area contributed by atoms with E-state index in [1.807, 2.05) is 24.5 Å². The van der Waals surface area contributed by atoms with Crippen LogP contribution < -0.4 is 0 Å². The molecule has 0 bridgehead atoms. The van der Waals surface area contributed by atoms with Crippen molar-refractivity contribution in [1.82, 2.24) is 9.55 Å². The number of aromatic hydroxyl groups is 1. The summed E-state index contributed by atoms with van der Waals surface area (Å²) < 4.78 is 2.92. The molecule has 114 valence electrons. The number of rotatable bonds is 4. The predicted octanol–water partition coefficient (Wildman–Crippen LogP) is 5.11. The van der Waals surface area contributed by atoms with Gasteiger partial charge in [0.05, 0.1) is 17.2 Å². The van der Waals surface area contributed by atoms with Crippen molar-refractivity contribution in [3.8, 4) is 5.75 Å². The van der Waals surface area contributed by atoms with Crippen LogP contribution in [0.4, 0.5) is 11.5 Å². The number of imidazole rings is 1. The second-order valence-electron chi connectivity index (χ2n) is 5.09. The van der Waals surface area contributed by atoms with E-state index < -0.39 is 0 Å². The van der Waals surface area contributed by atoms with E-state index in [9.17, 15) is 5.11 Å². The molecule has 6 heteroatoms. The van der Waals surface area contributed by atoms with Crippen LogP contribution in [-0.4, -0.2) is 14.7 Å². The Morgan fingerprint density at radius 1 is 1.27 bits per heavy atom. The Labute approximate surface area is 133 Å². The molecule has 1 aromatic carbocycles. The summed E-state index contributed by atoms with van der Waals surface area (Å²) in [5, 5.41) is 19.9. The first-order chi connectivity index (χ1) is 10.6. The SMILES string of the molecule is CCc1cc(O)c2cc(C)sc2c1N=Nc1cncn1CC. The molecular weight excluding hydrogens is 296 g/mol. The van der Waals surface area contributed by atoms with Gasteiger partial charge in [-0.2, -0.15) is 0 Å². The lowest BCUT2D eigenvalue weighted by atomic mass is 10.1. The molecule has 3 aromatic rings. The molecule has 0 spiro atoms. The van der Waals surface area contributed by atoms with Crippen LogP contribution >= 0.6 is 11.3 Å². The fourth-order valence-electron chi connectivity index (χ4n) is 2.46. The van der Waals surface area contributed by atoms with Crippen molar-refractivity contribution in [1.29, 1.82) is 0 Å². The van der Waals surface area contributed by atoms with E-state index in [4.69, 9.17) is 0 Å². The fraction of sp³-hybridized carbons (Fsp3) is 0.312. The molecule has 5 nitrogen and oxygen atoms in total. The molecule has 2 aromatic heterocycles. The Hall–Kier alpha value is -2.21. The van der Waals surface area contributed by atoms with Crippen LogP contribution in [0.5, 0.6) is 5.75 Å². The number of aryl methyl sites for hydroxylation is 3. The first-order valence-electron chi connectivity index (χ1n) is 7.30. The molecular formula is C16H18N4OS. The summed E-state index contributed by atoms with van der Waals surface area (Å²) >= 11 is 1.63. The van der Waals surface area contributed by atoms with E-state index in [2.05, 4.69) is 22.1 Å². The van der Waals surface area contributed by atoms with Gasteiger partial charge in [0.1, 0.15) is 11.4 Å². The van der Waals surface area contributed by atoms with Crippen molar-refractivity contribution in [2.24, 2.45) is 10.2 Å². The molecule has 0 saturated heterocycles. The minimum Gasteiger partial charge on any atom is -0.507 e. The Balaban J connectivity index is 2.15. The highest BCUT2D eigenvalue weighted by Gasteiger charge is 2.13. The minimum absolute atomic E-state index is 0.314. The van der Waals surface area contributed by atoms with Gasteiger partial charge in [0, 0.05) is 16.8 Å². The average Bonchev–Trinajstić information content (AvgIpc) is 3.12.